The van der Waals surface area contributed by atoms with Crippen molar-refractivity contribution < 1.29 is 14.7 Å². The van der Waals surface area contributed by atoms with Gasteiger partial charge in [0.2, 0.25) is 5.91 Å². The van der Waals surface area contributed by atoms with E-state index >= 15 is 0 Å². The molecule has 4 heteroatoms. The average Bonchev–Trinajstić information content (AvgIpc) is 2.36. The smallest absolute Gasteiger partial charge is 0.303 e. The van der Waals surface area contributed by atoms with E-state index in [0.29, 0.717) is 19.4 Å². The SMILES string of the molecule is Cc1cccc(CC(=O)NCCC(C)(C)CCC(=O)O)c1. The lowest BCUT2D eigenvalue weighted by molar-refractivity contribution is -0.137. The standard InChI is InChI=1S/C17H25NO3/c1-13-5-4-6-14(11-13)12-15(19)18-10-9-17(2,3)8-7-16(20)21/h4-6,11H,7-10,12H2,1-3H3,(H,18,19)(H,20,21). The Morgan fingerprint density at radius 1 is 1.24 bits per heavy atom. The predicted octanol–water partition coefficient (Wildman–Crippen LogP) is 2.93. The van der Waals surface area contributed by atoms with Gasteiger partial charge in [0.05, 0.1) is 6.42 Å². The molecule has 0 unspecified atom stereocenters. The normalized spacial score (nSPS) is 11.2. The van der Waals surface area contributed by atoms with E-state index in [2.05, 4.69) is 5.32 Å². The quantitative estimate of drug-likeness (QED) is 0.774. The number of carbonyl (C=O) groups is 2. The predicted molar refractivity (Wildman–Crippen MR) is 83.2 cm³/mol. The molecule has 0 fully saturated rings. The van der Waals surface area contributed by atoms with Gasteiger partial charge in [0, 0.05) is 13.0 Å². The summed E-state index contributed by atoms with van der Waals surface area (Å²) in [6.07, 6.45) is 1.96. The van der Waals surface area contributed by atoms with Crippen LogP contribution in [0.5, 0.6) is 0 Å². The van der Waals surface area contributed by atoms with Crippen molar-refractivity contribution in [2.45, 2.75) is 46.5 Å². The van der Waals surface area contributed by atoms with Gasteiger partial charge in [-0.3, -0.25) is 9.59 Å². The van der Waals surface area contributed by atoms with E-state index in [1.807, 2.05) is 45.0 Å². The molecule has 116 valence electrons. The average molecular weight is 291 g/mol. The highest BCUT2D eigenvalue weighted by Crippen LogP contribution is 2.25. The third kappa shape index (κ3) is 7.49. The van der Waals surface area contributed by atoms with Gasteiger partial charge in [-0.15, -0.1) is 0 Å². The molecule has 2 N–H and O–H groups in total. The molecule has 0 bridgehead atoms. The first-order valence-corrected chi connectivity index (χ1v) is 7.32. The summed E-state index contributed by atoms with van der Waals surface area (Å²) in [5, 5.41) is 11.6. The lowest BCUT2D eigenvalue weighted by Crippen LogP contribution is -2.29. The number of aliphatic carboxylic acids is 1. The van der Waals surface area contributed by atoms with Crippen LogP contribution in [0, 0.1) is 12.3 Å². The van der Waals surface area contributed by atoms with Crippen LogP contribution in [-0.4, -0.2) is 23.5 Å². The van der Waals surface area contributed by atoms with Gasteiger partial charge in [0.15, 0.2) is 0 Å². The minimum absolute atomic E-state index is 0.00892. The molecule has 1 aromatic carbocycles. The van der Waals surface area contributed by atoms with E-state index in [1.54, 1.807) is 0 Å². The van der Waals surface area contributed by atoms with Crippen molar-refractivity contribution in [3.8, 4) is 0 Å². The van der Waals surface area contributed by atoms with Crippen LogP contribution >= 0.6 is 0 Å². The van der Waals surface area contributed by atoms with Gasteiger partial charge < -0.3 is 10.4 Å². The number of nitrogens with one attached hydrogen (secondary N) is 1. The molecule has 0 aliphatic heterocycles. The molecule has 0 spiro atoms. The number of aryl methyl sites for hydroxylation is 1. The zero-order valence-electron chi connectivity index (χ0n) is 13.1. The van der Waals surface area contributed by atoms with E-state index in [-0.39, 0.29) is 17.7 Å². The van der Waals surface area contributed by atoms with Gasteiger partial charge in [0.25, 0.3) is 0 Å². The summed E-state index contributed by atoms with van der Waals surface area (Å²) in [5.74, 6) is -0.763. The summed E-state index contributed by atoms with van der Waals surface area (Å²) in [5.41, 5.74) is 2.09. The Morgan fingerprint density at radius 3 is 2.57 bits per heavy atom. The van der Waals surface area contributed by atoms with Crippen LogP contribution in [0.1, 0.15) is 44.2 Å². The lowest BCUT2D eigenvalue weighted by atomic mass is 9.84. The summed E-state index contributed by atoms with van der Waals surface area (Å²) >= 11 is 0. The van der Waals surface area contributed by atoms with Crippen molar-refractivity contribution in [3.05, 3.63) is 35.4 Å². The van der Waals surface area contributed by atoms with Gasteiger partial charge in [-0.25, -0.2) is 0 Å². The molecule has 0 aliphatic rings. The topological polar surface area (TPSA) is 66.4 Å². The number of amides is 1. The zero-order valence-corrected chi connectivity index (χ0v) is 13.1. The second-order valence-corrected chi connectivity index (χ2v) is 6.32. The Labute approximate surface area is 126 Å². The number of hydrogen-bond donors (Lipinski definition) is 2. The zero-order chi connectivity index (χ0) is 15.9. The summed E-state index contributed by atoms with van der Waals surface area (Å²) in [6, 6.07) is 7.92. The molecule has 1 rings (SSSR count). The highest BCUT2D eigenvalue weighted by molar-refractivity contribution is 5.78. The Morgan fingerprint density at radius 2 is 1.95 bits per heavy atom. The Kier molecular flexibility index (Phi) is 6.40. The molecule has 1 amide bonds. The maximum Gasteiger partial charge on any atom is 0.303 e. The molecular formula is C17H25NO3. The van der Waals surface area contributed by atoms with Crippen LogP contribution in [0.3, 0.4) is 0 Å². The third-order valence-corrected chi connectivity index (χ3v) is 3.59. The number of benzene rings is 1. The van der Waals surface area contributed by atoms with E-state index in [9.17, 15) is 9.59 Å². The number of carboxylic acids is 1. The van der Waals surface area contributed by atoms with Gasteiger partial charge >= 0.3 is 5.97 Å². The second kappa shape index (κ2) is 7.81. The Balaban J connectivity index is 2.31. The summed E-state index contributed by atoms with van der Waals surface area (Å²) in [7, 11) is 0. The first-order valence-electron chi connectivity index (χ1n) is 7.32. The summed E-state index contributed by atoms with van der Waals surface area (Å²) < 4.78 is 0. The van der Waals surface area contributed by atoms with Crippen LogP contribution in [-0.2, 0) is 16.0 Å². The van der Waals surface area contributed by atoms with Gasteiger partial charge in [0.1, 0.15) is 0 Å². The molecule has 1 aromatic rings. The van der Waals surface area contributed by atoms with Crippen molar-refractivity contribution in [1.29, 1.82) is 0 Å². The van der Waals surface area contributed by atoms with Gasteiger partial charge in [-0.1, -0.05) is 43.7 Å². The molecule has 0 heterocycles. The van der Waals surface area contributed by atoms with Crippen molar-refractivity contribution in [3.63, 3.8) is 0 Å². The molecule has 21 heavy (non-hydrogen) atoms. The van der Waals surface area contributed by atoms with E-state index < -0.39 is 5.97 Å². The monoisotopic (exact) mass is 291 g/mol. The molecule has 0 atom stereocenters. The maximum absolute atomic E-state index is 11.9. The van der Waals surface area contributed by atoms with Crippen molar-refractivity contribution in [1.82, 2.24) is 5.32 Å². The third-order valence-electron chi connectivity index (χ3n) is 3.59. The van der Waals surface area contributed by atoms with Crippen molar-refractivity contribution in [2.75, 3.05) is 6.54 Å². The minimum atomic E-state index is -0.772. The van der Waals surface area contributed by atoms with E-state index in [4.69, 9.17) is 5.11 Å². The fraction of sp³-hybridized carbons (Fsp3) is 0.529. The summed E-state index contributed by atoms with van der Waals surface area (Å²) in [4.78, 5) is 22.5. The van der Waals surface area contributed by atoms with Crippen LogP contribution < -0.4 is 5.32 Å². The number of rotatable bonds is 8. The van der Waals surface area contributed by atoms with Crippen LogP contribution in [0.2, 0.25) is 0 Å². The molecule has 0 aromatic heterocycles. The summed E-state index contributed by atoms with van der Waals surface area (Å²) in [6.45, 7) is 6.65. The molecule has 0 radical (unpaired) electrons. The number of carbonyl (C=O) groups excluding carboxylic acids is 1. The van der Waals surface area contributed by atoms with E-state index in [0.717, 1.165) is 17.5 Å². The first kappa shape index (κ1) is 17.2. The fourth-order valence-electron chi connectivity index (χ4n) is 2.18. The van der Waals surface area contributed by atoms with Gasteiger partial charge in [-0.05, 0) is 30.7 Å². The fourth-order valence-corrected chi connectivity index (χ4v) is 2.18. The number of carboxylic acid groups (broad SMARTS) is 1. The molecule has 0 saturated carbocycles. The Bertz CT molecular complexity index is 495. The second-order valence-electron chi connectivity index (χ2n) is 6.32. The van der Waals surface area contributed by atoms with Crippen LogP contribution in [0.25, 0.3) is 0 Å². The van der Waals surface area contributed by atoms with Gasteiger partial charge in [-0.2, -0.15) is 0 Å². The lowest BCUT2D eigenvalue weighted by Gasteiger charge is -2.23. The van der Waals surface area contributed by atoms with Crippen LogP contribution in [0.4, 0.5) is 0 Å². The van der Waals surface area contributed by atoms with Crippen molar-refractivity contribution in [2.24, 2.45) is 5.41 Å². The molecule has 4 nitrogen and oxygen atoms in total. The van der Waals surface area contributed by atoms with Crippen LogP contribution in [0.15, 0.2) is 24.3 Å². The maximum atomic E-state index is 11.9. The molecule has 0 aliphatic carbocycles. The highest BCUT2D eigenvalue weighted by Gasteiger charge is 2.19. The molecular weight excluding hydrogens is 266 g/mol. The van der Waals surface area contributed by atoms with E-state index in [1.165, 1.54) is 0 Å². The molecule has 0 saturated heterocycles. The highest BCUT2D eigenvalue weighted by atomic mass is 16.4. The first-order chi connectivity index (χ1) is 9.78. The van der Waals surface area contributed by atoms with Crippen molar-refractivity contribution >= 4 is 11.9 Å². The Hall–Kier alpha value is -1.84. The largest absolute Gasteiger partial charge is 0.481 e. The minimum Gasteiger partial charge on any atom is -0.481 e. The number of hydrogen-bond acceptors (Lipinski definition) is 2.